The van der Waals surface area contributed by atoms with Gasteiger partial charge in [0.05, 0.1) is 25.7 Å². The van der Waals surface area contributed by atoms with Gasteiger partial charge >= 0.3 is 5.97 Å². The third-order valence-corrected chi connectivity index (χ3v) is 8.91. The van der Waals surface area contributed by atoms with Gasteiger partial charge in [0.25, 0.3) is 5.91 Å². The van der Waals surface area contributed by atoms with Crippen molar-refractivity contribution in [3.63, 3.8) is 0 Å². The van der Waals surface area contributed by atoms with Crippen molar-refractivity contribution in [2.45, 2.75) is 37.2 Å². The molecule has 13 heteroatoms. The number of aromatic nitrogens is 1. The van der Waals surface area contributed by atoms with Gasteiger partial charge < -0.3 is 18.8 Å². The number of amides is 1. The van der Waals surface area contributed by atoms with E-state index in [-0.39, 0.29) is 35.8 Å². The Kier molecular flexibility index (Phi) is 7.95. The van der Waals surface area contributed by atoms with E-state index in [0.717, 1.165) is 27.8 Å². The third kappa shape index (κ3) is 5.24. The SMILES string of the molecule is CCOC(=O)Cn1c(=NC(=O)C2CCCN2S(=O)(=O)c2ccc(F)cc2)sc2c(OC)ccc(OC)c21. The van der Waals surface area contributed by atoms with E-state index in [0.29, 0.717) is 28.1 Å². The Morgan fingerprint density at radius 2 is 1.78 bits per heavy atom. The van der Waals surface area contributed by atoms with Gasteiger partial charge in [-0.1, -0.05) is 11.3 Å². The van der Waals surface area contributed by atoms with Crippen LogP contribution in [-0.4, -0.2) is 62.6 Å². The number of carbonyl (C=O) groups excluding carboxylic acids is 2. The van der Waals surface area contributed by atoms with E-state index >= 15 is 0 Å². The van der Waals surface area contributed by atoms with Crippen LogP contribution >= 0.6 is 11.3 Å². The first kappa shape index (κ1) is 26.8. The highest BCUT2D eigenvalue weighted by molar-refractivity contribution is 7.89. The summed E-state index contributed by atoms with van der Waals surface area (Å²) in [5, 5.41) is 0. The average Bonchev–Trinajstić information content (AvgIpc) is 3.50. The van der Waals surface area contributed by atoms with Crippen LogP contribution < -0.4 is 14.3 Å². The van der Waals surface area contributed by atoms with Crippen molar-refractivity contribution >= 4 is 43.5 Å². The number of fused-ring (bicyclic) bond motifs is 1. The van der Waals surface area contributed by atoms with Crippen LogP contribution in [0.1, 0.15) is 19.8 Å². The molecule has 3 aromatic rings. The Labute approximate surface area is 216 Å². The molecule has 0 bridgehead atoms. The Bertz CT molecular complexity index is 1500. The van der Waals surface area contributed by atoms with Crippen molar-refractivity contribution in [3.8, 4) is 11.5 Å². The molecule has 37 heavy (non-hydrogen) atoms. The number of ether oxygens (including phenoxy) is 3. The van der Waals surface area contributed by atoms with E-state index in [1.165, 1.54) is 30.9 Å². The fraction of sp³-hybridized carbons (Fsp3) is 0.375. The molecule has 0 saturated carbocycles. The number of methoxy groups -OCH3 is 2. The van der Waals surface area contributed by atoms with Crippen LogP contribution in [0.4, 0.5) is 4.39 Å². The maximum atomic E-state index is 13.4. The number of benzene rings is 2. The molecular weight excluding hydrogens is 525 g/mol. The molecule has 1 unspecified atom stereocenters. The lowest BCUT2D eigenvalue weighted by Gasteiger charge is -2.21. The number of rotatable bonds is 8. The first-order valence-corrected chi connectivity index (χ1v) is 13.7. The van der Waals surface area contributed by atoms with E-state index in [1.54, 1.807) is 19.1 Å². The van der Waals surface area contributed by atoms with E-state index in [9.17, 15) is 22.4 Å². The lowest BCUT2D eigenvalue weighted by molar-refractivity contribution is -0.143. The fourth-order valence-corrected chi connectivity index (χ4v) is 7.00. The van der Waals surface area contributed by atoms with Crippen LogP contribution in [0.3, 0.4) is 0 Å². The summed E-state index contributed by atoms with van der Waals surface area (Å²) in [6, 6.07) is 6.78. The predicted octanol–water partition coefficient (Wildman–Crippen LogP) is 2.70. The maximum Gasteiger partial charge on any atom is 0.326 e. The zero-order valence-corrected chi connectivity index (χ0v) is 22.1. The van der Waals surface area contributed by atoms with E-state index in [1.807, 2.05) is 0 Å². The quantitative estimate of drug-likeness (QED) is 0.395. The van der Waals surface area contributed by atoms with Crippen molar-refractivity contribution in [3.05, 3.63) is 47.0 Å². The molecule has 2 heterocycles. The van der Waals surface area contributed by atoms with Gasteiger partial charge in [-0.3, -0.25) is 9.59 Å². The van der Waals surface area contributed by atoms with Gasteiger partial charge in [0.1, 0.15) is 40.1 Å². The molecular formula is C24H26FN3O7S2. The lowest BCUT2D eigenvalue weighted by Crippen LogP contribution is -2.40. The number of esters is 1. The largest absolute Gasteiger partial charge is 0.495 e. The number of sulfonamides is 1. The molecule has 0 radical (unpaired) electrons. The maximum absolute atomic E-state index is 13.4. The van der Waals surface area contributed by atoms with E-state index < -0.39 is 33.8 Å². The number of hydrogen-bond donors (Lipinski definition) is 0. The molecule has 0 spiro atoms. The van der Waals surface area contributed by atoms with Gasteiger partial charge in [0.2, 0.25) is 10.0 Å². The highest BCUT2D eigenvalue weighted by Gasteiger charge is 2.39. The van der Waals surface area contributed by atoms with Crippen LogP contribution in [-0.2, 0) is 30.9 Å². The van der Waals surface area contributed by atoms with Crippen LogP contribution in [0.15, 0.2) is 46.3 Å². The van der Waals surface area contributed by atoms with Crippen molar-refractivity contribution in [2.75, 3.05) is 27.4 Å². The summed E-state index contributed by atoms with van der Waals surface area (Å²) in [4.78, 5) is 30.1. The Balaban J connectivity index is 1.80. The number of hydrogen-bond acceptors (Lipinski definition) is 8. The third-order valence-electron chi connectivity index (χ3n) is 5.90. The monoisotopic (exact) mass is 551 g/mol. The van der Waals surface area contributed by atoms with Gasteiger partial charge in [0.15, 0.2) is 4.80 Å². The molecule has 4 rings (SSSR count). The normalized spacial score (nSPS) is 16.8. The van der Waals surface area contributed by atoms with Gasteiger partial charge in [-0.2, -0.15) is 9.30 Å². The molecule has 1 atom stereocenters. The molecule has 0 N–H and O–H groups in total. The van der Waals surface area contributed by atoms with Gasteiger partial charge in [-0.05, 0) is 56.2 Å². The first-order valence-electron chi connectivity index (χ1n) is 11.5. The van der Waals surface area contributed by atoms with Gasteiger partial charge in [0, 0.05) is 6.54 Å². The number of thiazole rings is 1. The second-order valence-electron chi connectivity index (χ2n) is 8.10. The molecule has 10 nitrogen and oxygen atoms in total. The highest BCUT2D eigenvalue weighted by Crippen LogP contribution is 2.35. The molecule has 0 aliphatic carbocycles. The highest BCUT2D eigenvalue weighted by atomic mass is 32.2. The number of halogens is 1. The molecule has 1 amide bonds. The van der Waals surface area contributed by atoms with Gasteiger partial charge in [-0.15, -0.1) is 0 Å². The number of carbonyl (C=O) groups is 2. The van der Waals surface area contributed by atoms with Crippen molar-refractivity contribution in [1.82, 2.24) is 8.87 Å². The summed E-state index contributed by atoms with van der Waals surface area (Å²) in [6.45, 7) is 1.74. The standard InChI is InChI=1S/C24H26FN3O7S2/c1-4-35-20(29)14-27-21-18(33-2)11-12-19(34-3)22(21)36-24(27)26-23(30)17-6-5-13-28(17)37(31,32)16-9-7-15(25)8-10-16/h7-12,17H,4-6,13-14H2,1-3H3. The van der Waals surface area contributed by atoms with Crippen LogP contribution in [0.2, 0.25) is 0 Å². The lowest BCUT2D eigenvalue weighted by atomic mass is 10.2. The van der Waals surface area contributed by atoms with E-state index in [2.05, 4.69) is 4.99 Å². The zero-order chi connectivity index (χ0) is 26.7. The smallest absolute Gasteiger partial charge is 0.326 e. The van der Waals surface area contributed by atoms with Crippen molar-refractivity contribution in [2.24, 2.45) is 4.99 Å². The minimum atomic E-state index is -4.06. The molecule has 1 aliphatic heterocycles. The van der Waals surface area contributed by atoms with Crippen molar-refractivity contribution < 1.29 is 36.6 Å². The predicted molar refractivity (Wildman–Crippen MR) is 133 cm³/mol. The summed E-state index contributed by atoms with van der Waals surface area (Å²) < 4.78 is 59.0. The summed E-state index contributed by atoms with van der Waals surface area (Å²) in [5.74, 6) is -0.849. The Morgan fingerprint density at radius 3 is 2.43 bits per heavy atom. The van der Waals surface area contributed by atoms with Gasteiger partial charge in [-0.25, -0.2) is 12.8 Å². The zero-order valence-electron chi connectivity index (χ0n) is 20.5. The summed E-state index contributed by atoms with van der Waals surface area (Å²) in [7, 11) is -1.08. The van der Waals surface area contributed by atoms with E-state index in [4.69, 9.17) is 14.2 Å². The molecule has 1 aliphatic rings. The Hall–Kier alpha value is -3.29. The van der Waals surface area contributed by atoms with Crippen LogP contribution in [0, 0.1) is 5.82 Å². The Morgan fingerprint density at radius 1 is 1.11 bits per heavy atom. The number of nitrogens with zero attached hydrogens (tertiary/aromatic N) is 3. The topological polar surface area (TPSA) is 116 Å². The second-order valence-corrected chi connectivity index (χ2v) is 11.0. The molecule has 1 fully saturated rings. The fourth-order valence-electron chi connectivity index (χ4n) is 4.21. The summed E-state index contributed by atoms with van der Waals surface area (Å²) in [5.41, 5.74) is 0.494. The molecule has 1 aromatic heterocycles. The average molecular weight is 552 g/mol. The summed E-state index contributed by atoms with van der Waals surface area (Å²) in [6.07, 6.45) is 0.738. The van der Waals surface area contributed by atoms with Crippen LogP contribution in [0.25, 0.3) is 10.2 Å². The molecule has 198 valence electrons. The summed E-state index contributed by atoms with van der Waals surface area (Å²) >= 11 is 1.11. The van der Waals surface area contributed by atoms with Crippen molar-refractivity contribution in [1.29, 1.82) is 0 Å². The molecule has 2 aromatic carbocycles. The van der Waals surface area contributed by atoms with Crippen LogP contribution in [0.5, 0.6) is 11.5 Å². The molecule has 1 saturated heterocycles. The minimum absolute atomic E-state index is 0.109. The minimum Gasteiger partial charge on any atom is -0.495 e. The first-order chi connectivity index (χ1) is 17.7. The second kappa shape index (κ2) is 11.0.